The summed E-state index contributed by atoms with van der Waals surface area (Å²) >= 11 is 0. The first kappa shape index (κ1) is 29.8. The van der Waals surface area contributed by atoms with Crippen molar-refractivity contribution < 1.29 is 23.1 Å². The van der Waals surface area contributed by atoms with Gasteiger partial charge in [0.25, 0.3) is 11.5 Å². The molecule has 45 heavy (non-hydrogen) atoms. The second kappa shape index (κ2) is 11.3. The Labute approximate surface area is 256 Å². The quantitative estimate of drug-likeness (QED) is 0.316. The highest BCUT2D eigenvalue weighted by molar-refractivity contribution is 5.82. The molecule has 226 valence electrons. The molecule has 0 radical (unpaired) electrons. The van der Waals surface area contributed by atoms with Gasteiger partial charge in [0.05, 0.1) is 39.9 Å². The molecule has 2 aliphatic rings. The van der Waals surface area contributed by atoms with Crippen LogP contribution in [0.25, 0.3) is 11.1 Å². The molecule has 0 bridgehead atoms. The Balaban J connectivity index is 1.27. The first-order valence-corrected chi connectivity index (χ1v) is 14.4. The largest absolute Gasteiger partial charge is 0.416 e. The zero-order chi connectivity index (χ0) is 31.9. The number of H-pyrrole nitrogens is 1. The van der Waals surface area contributed by atoms with Crippen LogP contribution in [0, 0.1) is 22.7 Å². The number of alkyl halides is 3. The molecule has 11 heteroatoms. The molecule has 1 fully saturated rings. The Morgan fingerprint density at radius 1 is 1.00 bits per heavy atom. The molecular weight excluding hydrogens is 583 g/mol. The third kappa shape index (κ3) is 5.59. The van der Waals surface area contributed by atoms with Gasteiger partial charge in [-0.2, -0.15) is 23.7 Å². The molecule has 2 heterocycles. The number of carbonyl (C=O) groups is 1. The van der Waals surface area contributed by atoms with Crippen LogP contribution in [-0.4, -0.2) is 32.4 Å². The summed E-state index contributed by atoms with van der Waals surface area (Å²) in [6.07, 6.45) is -4.07. The number of nitrogens with one attached hydrogen (secondary N) is 1. The average molecular weight is 610 g/mol. The smallest absolute Gasteiger partial charge is 0.378 e. The van der Waals surface area contributed by atoms with Crippen LogP contribution in [0.1, 0.15) is 70.3 Å². The van der Waals surface area contributed by atoms with Crippen molar-refractivity contribution in [3.05, 3.63) is 122 Å². The summed E-state index contributed by atoms with van der Waals surface area (Å²) < 4.78 is 39.6. The summed E-state index contributed by atoms with van der Waals surface area (Å²) in [6.45, 7) is 0.0671. The normalized spacial score (nSPS) is 16.1. The monoisotopic (exact) mass is 609 g/mol. The summed E-state index contributed by atoms with van der Waals surface area (Å²) in [6, 6.07) is 21.0. The topological polar surface area (TPSA) is 134 Å². The van der Waals surface area contributed by atoms with Crippen LogP contribution in [-0.2, 0) is 29.4 Å². The van der Waals surface area contributed by atoms with E-state index in [1.54, 1.807) is 18.2 Å². The minimum Gasteiger partial charge on any atom is -0.378 e. The number of hydrogen-bond donors (Lipinski definition) is 2. The number of fused-ring (bicyclic) bond motifs is 1. The first-order chi connectivity index (χ1) is 21.5. The molecule has 1 aliphatic heterocycles. The van der Waals surface area contributed by atoms with E-state index in [1.807, 2.05) is 30.3 Å². The van der Waals surface area contributed by atoms with Crippen molar-refractivity contribution in [2.24, 2.45) is 0 Å². The van der Waals surface area contributed by atoms with Gasteiger partial charge in [-0.25, -0.2) is 4.98 Å². The molecular formula is C34H26F3N5O3. The molecule has 2 N–H and O–H groups in total. The van der Waals surface area contributed by atoms with Gasteiger partial charge in [0.15, 0.2) is 6.10 Å². The van der Waals surface area contributed by atoms with Gasteiger partial charge in [-0.15, -0.1) is 0 Å². The SMILES string of the molecule is N#Cc1ccc(-c2cccc(C3(c4nc5c(c(=O)[nH]4)CN(C(=O)[C@H](O)c4cccc(C(F)(F)F)c4)CCC5)CC3)c2)cc1C#N. The lowest BCUT2D eigenvalue weighted by atomic mass is 9.91. The van der Waals surface area contributed by atoms with E-state index in [0.717, 1.165) is 47.7 Å². The molecule has 1 aromatic heterocycles. The van der Waals surface area contributed by atoms with Crippen LogP contribution >= 0.6 is 0 Å². The maximum absolute atomic E-state index is 13.4. The highest BCUT2D eigenvalue weighted by atomic mass is 19.4. The van der Waals surface area contributed by atoms with Gasteiger partial charge in [0.2, 0.25) is 0 Å². The van der Waals surface area contributed by atoms with Crippen molar-refractivity contribution in [2.45, 2.75) is 49.9 Å². The van der Waals surface area contributed by atoms with Crippen molar-refractivity contribution in [3.8, 4) is 23.3 Å². The zero-order valence-corrected chi connectivity index (χ0v) is 23.9. The van der Waals surface area contributed by atoms with Gasteiger partial charge in [-0.1, -0.05) is 42.5 Å². The third-order valence-electron chi connectivity index (χ3n) is 8.58. The number of nitriles is 2. The van der Waals surface area contributed by atoms with Crippen molar-refractivity contribution in [2.75, 3.05) is 6.54 Å². The fourth-order valence-corrected chi connectivity index (χ4v) is 5.93. The predicted molar refractivity (Wildman–Crippen MR) is 156 cm³/mol. The predicted octanol–water partition coefficient (Wildman–Crippen LogP) is 5.29. The Bertz CT molecular complexity index is 1970. The standard InChI is InChI=1S/C34H26F3N5O3/c35-34(36,37)26-7-2-5-22(16-26)29(43)31(45)42-13-3-8-28-27(19-42)30(44)41-32(40-28)33(11-12-33)25-6-1-4-20(15-25)21-9-10-23(17-38)24(14-21)18-39/h1-2,4-7,9-10,14-16,29,43H,3,8,11-13,19H2,(H,40,41,44)/t29-/m1/s1. The van der Waals surface area contributed by atoms with E-state index in [0.29, 0.717) is 29.9 Å². The number of aromatic nitrogens is 2. The maximum Gasteiger partial charge on any atom is 0.416 e. The van der Waals surface area contributed by atoms with Crippen molar-refractivity contribution in [3.63, 3.8) is 0 Å². The number of aliphatic hydroxyl groups excluding tert-OH is 1. The number of aliphatic hydroxyl groups is 1. The number of nitrogens with zero attached hydrogens (tertiary/aromatic N) is 4. The van der Waals surface area contributed by atoms with E-state index in [2.05, 4.69) is 11.1 Å². The van der Waals surface area contributed by atoms with E-state index >= 15 is 0 Å². The van der Waals surface area contributed by atoms with Crippen LogP contribution < -0.4 is 5.56 Å². The number of amides is 1. The van der Waals surface area contributed by atoms with Gasteiger partial charge in [0, 0.05) is 6.54 Å². The molecule has 0 saturated heterocycles. The van der Waals surface area contributed by atoms with Gasteiger partial charge in [-0.3, -0.25) is 9.59 Å². The van der Waals surface area contributed by atoms with Crippen LogP contribution in [0.2, 0.25) is 0 Å². The number of hydrogen-bond acceptors (Lipinski definition) is 6. The lowest BCUT2D eigenvalue weighted by Gasteiger charge is -2.24. The van der Waals surface area contributed by atoms with Crippen molar-refractivity contribution >= 4 is 5.91 Å². The van der Waals surface area contributed by atoms with Crippen LogP contribution in [0.4, 0.5) is 13.2 Å². The molecule has 6 rings (SSSR count). The number of aryl methyl sites for hydroxylation is 1. The highest BCUT2D eigenvalue weighted by Gasteiger charge is 2.49. The van der Waals surface area contributed by atoms with Crippen molar-refractivity contribution in [1.29, 1.82) is 10.5 Å². The summed E-state index contributed by atoms with van der Waals surface area (Å²) in [4.78, 5) is 35.7. The molecule has 3 aromatic carbocycles. The molecule has 4 aromatic rings. The summed E-state index contributed by atoms with van der Waals surface area (Å²) in [7, 11) is 0. The van der Waals surface area contributed by atoms with E-state index in [9.17, 15) is 38.4 Å². The molecule has 1 amide bonds. The molecule has 1 aliphatic carbocycles. The number of benzene rings is 3. The van der Waals surface area contributed by atoms with Crippen LogP contribution in [0.5, 0.6) is 0 Å². The van der Waals surface area contributed by atoms with Gasteiger partial charge in [0.1, 0.15) is 18.0 Å². The lowest BCUT2D eigenvalue weighted by molar-refractivity contribution is -0.142. The third-order valence-corrected chi connectivity index (χ3v) is 8.58. The van der Waals surface area contributed by atoms with E-state index in [4.69, 9.17) is 4.98 Å². The molecule has 1 atom stereocenters. The second-order valence-corrected chi connectivity index (χ2v) is 11.4. The van der Waals surface area contributed by atoms with Crippen LogP contribution in [0.15, 0.2) is 71.5 Å². The second-order valence-electron chi connectivity index (χ2n) is 11.4. The zero-order valence-electron chi connectivity index (χ0n) is 23.9. The minimum absolute atomic E-state index is 0.130. The Morgan fingerprint density at radius 3 is 2.44 bits per heavy atom. The summed E-state index contributed by atoms with van der Waals surface area (Å²) in [5.41, 5.74) is 1.93. The first-order valence-electron chi connectivity index (χ1n) is 14.4. The van der Waals surface area contributed by atoms with Gasteiger partial charge in [-0.05, 0) is 72.2 Å². The Morgan fingerprint density at radius 2 is 1.73 bits per heavy atom. The molecule has 8 nitrogen and oxygen atoms in total. The van der Waals surface area contributed by atoms with Gasteiger partial charge >= 0.3 is 6.18 Å². The Kier molecular flexibility index (Phi) is 7.51. The van der Waals surface area contributed by atoms with Crippen molar-refractivity contribution in [1.82, 2.24) is 14.9 Å². The maximum atomic E-state index is 13.4. The summed E-state index contributed by atoms with van der Waals surface area (Å²) in [5, 5.41) is 29.4. The number of aromatic amines is 1. The van der Waals surface area contributed by atoms with Gasteiger partial charge < -0.3 is 15.0 Å². The molecule has 0 spiro atoms. The molecule has 1 saturated carbocycles. The number of carbonyl (C=O) groups excluding carboxylic acids is 1. The van der Waals surface area contributed by atoms with Crippen LogP contribution in [0.3, 0.4) is 0 Å². The van der Waals surface area contributed by atoms with E-state index in [-0.39, 0.29) is 29.8 Å². The lowest BCUT2D eigenvalue weighted by Crippen LogP contribution is -2.36. The fourth-order valence-electron chi connectivity index (χ4n) is 5.93. The average Bonchev–Trinajstić information content (AvgIpc) is 3.88. The van der Waals surface area contributed by atoms with E-state index in [1.165, 1.54) is 11.0 Å². The fraction of sp³-hybridized carbons (Fsp3) is 0.265. The Hall–Kier alpha value is -5.26. The van der Waals surface area contributed by atoms with E-state index < -0.39 is 34.7 Å². The minimum atomic E-state index is -4.62. The molecule has 0 unspecified atom stereocenters. The number of halogens is 3. The number of rotatable bonds is 5. The summed E-state index contributed by atoms with van der Waals surface area (Å²) in [5.74, 6) is -0.270. The highest BCUT2D eigenvalue weighted by Crippen LogP contribution is 2.52.